The fraction of sp³-hybridized carbons (Fsp3) is 0.0800. The third-order valence-corrected chi connectivity index (χ3v) is 10.4. The second-order valence-electron chi connectivity index (χ2n) is 14.1. The van der Waals surface area contributed by atoms with E-state index in [4.69, 9.17) is 9.97 Å². The van der Waals surface area contributed by atoms with Gasteiger partial charge < -0.3 is 9.80 Å². The highest BCUT2D eigenvalue weighted by Crippen LogP contribution is 2.54. The maximum Gasteiger partial charge on any atom is 0.0703 e. The quantitative estimate of drug-likeness (QED) is 0.173. The topological polar surface area (TPSA) is 32.3 Å². The summed E-state index contributed by atoms with van der Waals surface area (Å²) in [6, 6.07) is 61.4. The van der Waals surface area contributed by atoms with Crippen LogP contribution in [0.2, 0.25) is 0 Å². The van der Waals surface area contributed by atoms with Crippen molar-refractivity contribution < 1.29 is 0 Å². The number of aromatic nitrogens is 2. The van der Waals surface area contributed by atoms with Crippen molar-refractivity contribution in [2.24, 2.45) is 0 Å². The zero-order valence-electron chi connectivity index (χ0n) is 31.0. The monoisotopic (exact) mass is 696 g/mol. The number of benzene rings is 6. The fourth-order valence-corrected chi connectivity index (χ4v) is 7.82. The Hall–Kier alpha value is -6.78. The molecule has 0 aliphatic carbocycles. The molecule has 3 heterocycles. The fourth-order valence-electron chi connectivity index (χ4n) is 7.82. The third-order valence-electron chi connectivity index (χ3n) is 10.4. The van der Waals surface area contributed by atoms with Crippen molar-refractivity contribution in [1.82, 2.24) is 9.97 Å². The van der Waals surface area contributed by atoms with Crippen LogP contribution in [0, 0.1) is 27.7 Å². The van der Waals surface area contributed by atoms with Crippen LogP contribution in [-0.2, 0) is 0 Å². The van der Waals surface area contributed by atoms with Gasteiger partial charge in [0.2, 0.25) is 0 Å². The maximum atomic E-state index is 4.72. The van der Waals surface area contributed by atoms with Gasteiger partial charge in [0.1, 0.15) is 0 Å². The van der Waals surface area contributed by atoms with Crippen molar-refractivity contribution in [3.05, 3.63) is 193 Å². The van der Waals surface area contributed by atoms with Crippen LogP contribution >= 0.6 is 0 Å². The lowest BCUT2D eigenvalue weighted by Crippen LogP contribution is -2.23. The Morgan fingerprint density at radius 2 is 0.685 bits per heavy atom. The van der Waals surface area contributed by atoms with Crippen LogP contribution < -0.4 is 9.80 Å². The van der Waals surface area contributed by atoms with Gasteiger partial charge in [-0.25, -0.2) is 0 Å². The van der Waals surface area contributed by atoms with Gasteiger partial charge in [-0.1, -0.05) is 103 Å². The first kappa shape index (κ1) is 33.1. The maximum absolute atomic E-state index is 4.72. The van der Waals surface area contributed by atoms with Gasteiger partial charge in [0.05, 0.1) is 22.7 Å². The van der Waals surface area contributed by atoms with Crippen LogP contribution in [0.5, 0.6) is 0 Å². The number of hydrogen-bond donors (Lipinski definition) is 0. The average Bonchev–Trinajstić information content (AvgIpc) is 3.20. The molecule has 9 rings (SSSR count). The van der Waals surface area contributed by atoms with Gasteiger partial charge >= 0.3 is 0 Å². The molecule has 0 radical (unpaired) electrons. The molecular weight excluding hydrogens is 657 g/mol. The highest BCUT2D eigenvalue weighted by atomic mass is 15.3. The molecule has 1 aliphatic rings. The van der Waals surface area contributed by atoms with Crippen LogP contribution in [0.1, 0.15) is 22.8 Å². The summed E-state index contributed by atoms with van der Waals surface area (Å²) in [4.78, 5) is 14.2. The molecule has 260 valence electrons. The van der Waals surface area contributed by atoms with Crippen molar-refractivity contribution in [2.75, 3.05) is 9.80 Å². The van der Waals surface area contributed by atoms with Crippen molar-refractivity contribution in [2.45, 2.75) is 27.7 Å². The minimum atomic E-state index is 1.03. The first-order chi connectivity index (χ1) is 26.4. The summed E-state index contributed by atoms with van der Waals surface area (Å²) in [6.07, 6.45) is 0. The van der Waals surface area contributed by atoms with E-state index in [1.165, 1.54) is 0 Å². The number of para-hydroxylation sites is 5. The second-order valence-corrected chi connectivity index (χ2v) is 14.1. The van der Waals surface area contributed by atoms with Crippen molar-refractivity contribution in [3.8, 4) is 44.5 Å². The summed E-state index contributed by atoms with van der Waals surface area (Å²) in [5, 5.41) is 0. The van der Waals surface area contributed by atoms with Gasteiger partial charge in [-0.2, -0.15) is 0 Å². The Balaban J connectivity index is 1.20. The average molecular weight is 697 g/mol. The van der Waals surface area contributed by atoms with Gasteiger partial charge in [0.15, 0.2) is 0 Å². The van der Waals surface area contributed by atoms with Crippen molar-refractivity contribution in [1.29, 1.82) is 0 Å². The summed E-state index contributed by atoms with van der Waals surface area (Å²) >= 11 is 0. The van der Waals surface area contributed by atoms with Crippen LogP contribution in [0.25, 0.3) is 44.5 Å². The summed E-state index contributed by atoms with van der Waals surface area (Å²) in [7, 11) is 0. The number of fused-ring (bicyclic) bond motifs is 2. The van der Waals surface area contributed by atoms with E-state index in [0.717, 1.165) is 101 Å². The summed E-state index contributed by atoms with van der Waals surface area (Å²) in [6.45, 7) is 8.25. The van der Waals surface area contributed by atoms with E-state index in [0.29, 0.717) is 0 Å². The lowest BCUT2D eigenvalue weighted by Gasteiger charge is -2.40. The molecule has 0 amide bonds. The molecule has 4 nitrogen and oxygen atoms in total. The molecule has 0 N–H and O–H groups in total. The first-order valence-electron chi connectivity index (χ1n) is 18.5. The molecule has 0 spiro atoms. The minimum absolute atomic E-state index is 1.03. The van der Waals surface area contributed by atoms with E-state index < -0.39 is 0 Å². The largest absolute Gasteiger partial charge is 0.306 e. The second kappa shape index (κ2) is 13.6. The Morgan fingerprint density at radius 1 is 0.315 bits per heavy atom. The molecular formula is C50H40N4. The Bertz CT molecular complexity index is 2480. The van der Waals surface area contributed by atoms with Gasteiger partial charge in [0.25, 0.3) is 0 Å². The first-order valence-corrected chi connectivity index (χ1v) is 18.5. The van der Waals surface area contributed by atoms with E-state index >= 15 is 0 Å². The molecule has 2 aromatic heterocycles. The van der Waals surface area contributed by atoms with Crippen LogP contribution in [0.15, 0.2) is 170 Å². The smallest absolute Gasteiger partial charge is 0.0703 e. The van der Waals surface area contributed by atoms with Crippen molar-refractivity contribution >= 4 is 34.1 Å². The van der Waals surface area contributed by atoms with E-state index in [-0.39, 0.29) is 0 Å². The number of rotatable bonds is 6. The molecule has 8 aromatic rings. The molecule has 0 saturated carbocycles. The number of pyridine rings is 2. The molecule has 0 fully saturated rings. The number of aryl methyl sites for hydroxylation is 4. The lowest BCUT2D eigenvalue weighted by molar-refractivity contribution is 1.13. The molecule has 0 bridgehead atoms. The predicted octanol–water partition coefficient (Wildman–Crippen LogP) is 13.6. The molecule has 6 aromatic carbocycles. The minimum Gasteiger partial charge on any atom is -0.306 e. The van der Waals surface area contributed by atoms with Crippen LogP contribution in [0.3, 0.4) is 0 Å². The van der Waals surface area contributed by atoms with E-state index in [1.54, 1.807) is 0 Å². The molecule has 1 aliphatic heterocycles. The standard InChI is InChI=1S/C50H40N4/c1-33-18-28-45(35(3)51-33)39-24-20-37(21-25-39)41-30-42(38-22-26-40(27-23-38)46-29-19-34(2)52-36(46)4)32-44(31-41)54-49-16-10-8-14-47(49)53(43-12-6-5-7-13-43)48-15-9-11-17-50(48)54/h5-32H,1-4H3. The predicted molar refractivity (Wildman–Crippen MR) is 226 cm³/mol. The van der Waals surface area contributed by atoms with Crippen LogP contribution in [-0.4, -0.2) is 9.97 Å². The Kier molecular flexibility index (Phi) is 8.36. The Labute approximate surface area is 317 Å². The van der Waals surface area contributed by atoms with Crippen LogP contribution in [0.4, 0.5) is 34.1 Å². The summed E-state index contributed by atoms with van der Waals surface area (Å²) in [5.41, 5.74) is 20.1. The van der Waals surface area contributed by atoms with Gasteiger partial charge in [-0.3, -0.25) is 9.97 Å². The highest BCUT2D eigenvalue weighted by molar-refractivity contribution is 6.02. The van der Waals surface area contributed by atoms with Crippen molar-refractivity contribution in [3.63, 3.8) is 0 Å². The number of anilines is 6. The zero-order chi connectivity index (χ0) is 36.8. The van der Waals surface area contributed by atoms with Gasteiger partial charge in [-0.15, -0.1) is 0 Å². The summed E-state index contributed by atoms with van der Waals surface area (Å²) in [5.74, 6) is 0. The molecule has 4 heteroatoms. The zero-order valence-corrected chi connectivity index (χ0v) is 31.0. The van der Waals surface area contributed by atoms with E-state index in [1.807, 2.05) is 13.8 Å². The van der Waals surface area contributed by atoms with E-state index in [9.17, 15) is 0 Å². The van der Waals surface area contributed by atoms with Gasteiger partial charge in [0, 0.05) is 45.3 Å². The third kappa shape index (κ3) is 6.02. The highest BCUT2D eigenvalue weighted by Gasteiger charge is 2.30. The molecule has 0 atom stereocenters. The molecule has 54 heavy (non-hydrogen) atoms. The molecule has 0 saturated heterocycles. The lowest BCUT2D eigenvalue weighted by atomic mass is 9.94. The Morgan fingerprint density at radius 3 is 1.09 bits per heavy atom. The summed E-state index contributed by atoms with van der Waals surface area (Å²) < 4.78 is 0. The van der Waals surface area contributed by atoms with Gasteiger partial charge in [-0.05, 0) is 128 Å². The normalized spacial score (nSPS) is 12.0. The SMILES string of the molecule is Cc1ccc(-c2ccc(-c3cc(-c4ccc(-c5ccc(C)nc5C)cc4)cc(N4c5ccccc5N(c5ccccc5)c5ccccc54)c3)cc2)c(C)n1. The number of nitrogens with zero attached hydrogens (tertiary/aromatic N) is 4. The number of hydrogen-bond acceptors (Lipinski definition) is 4. The molecule has 0 unspecified atom stereocenters. The van der Waals surface area contributed by atoms with E-state index in [2.05, 4.69) is 194 Å².